The molecule has 1 amide bonds. The summed E-state index contributed by atoms with van der Waals surface area (Å²) in [5.41, 5.74) is 0. The van der Waals surface area contributed by atoms with E-state index in [-0.39, 0.29) is 24.1 Å². The Morgan fingerprint density at radius 3 is 2.20 bits per heavy atom. The van der Waals surface area contributed by atoms with Crippen LogP contribution in [-0.2, 0) is 23.7 Å². The Balaban J connectivity index is 3.05. The van der Waals surface area contributed by atoms with Crippen LogP contribution in [-0.4, -0.2) is 91.0 Å². The number of rotatable bonds is 12. The second kappa shape index (κ2) is 13.2. The summed E-state index contributed by atoms with van der Waals surface area (Å²) in [4.78, 5) is 11.8. The van der Waals surface area contributed by atoms with Crippen molar-refractivity contribution in [2.45, 2.75) is 42.3 Å². The van der Waals surface area contributed by atoms with Gasteiger partial charge in [-0.25, -0.2) is 0 Å². The third-order valence-electron chi connectivity index (χ3n) is 3.52. The van der Waals surface area contributed by atoms with Crippen LogP contribution < -0.4 is 5.32 Å². The molecule has 0 bridgehead atoms. The molecule has 10 heteroatoms. The Morgan fingerprint density at radius 2 is 1.72 bits per heavy atom. The van der Waals surface area contributed by atoms with E-state index in [0.29, 0.717) is 0 Å². The van der Waals surface area contributed by atoms with E-state index in [1.807, 2.05) is 0 Å². The lowest BCUT2D eigenvalue weighted by atomic mass is 10.0. The molecule has 3 N–H and O–H groups in total. The molecule has 0 aromatic rings. The van der Waals surface area contributed by atoms with Gasteiger partial charge in [-0.15, -0.1) is 23.5 Å². The molecule has 0 aliphatic carbocycles. The molecule has 0 aromatic carbocycles. The average molecular weight is 400 g/mol. The van der Waals surface area contributed by atoms with Gasteiger partial charge in [-0.3, -0.25) is 4.79 Å². The first-order chi connectivity index (χ1) is 12.0. The van der Waals surface area contributed by atoms with E-state index in [4.69, 9.17) is 18.9 Å². The molecular weight excluding hydrogens is 370 g/mol. The molecular formula is C15H29NO7S2. The molecule has 0 saturated carbocycles. The molecule has 1 heterocycles. The first kappa shape index (κ1) is 23.0. The number of hydrogen-bond acceptors (Lipinski definition) is 9. The third kappa shape index (κ3) is 8.00. The van der Waals surface area contributed by atoms with Gasteiger partial charge < -0.3 is 34.5 Å². The zero-order chi connectivity index (χ0) is 18.7. The minimum atomic E-state index is -1.19. The van der Waals surface area contributed by atoms with E-state index < -0.39 is 31.0 Å². The SMILES string of the molecule is COCO[C@@H]([C@H](OCOC)[C@@H](NC(C)=O)C1SCCCS1)[C@H](O)CO. The highest BCUT2D eigenvalue weighted by Gasteiger charge is 2.41. The number of hydrogen-bond donors (Lipinski definition) is 3. The minimum Gasteiger partial charge on any atom is -0.394 e. The Labute approximate surface area is 157 Å². The first-order valence-corrected chi connectivity index (χ1v) is 10.1. The van der Waals surface area contributed by atoms with E-state index in [9.17, 15) is 15.0 Å². The fourth-order valence-electron chi connectivity index (χ4n) is 2.48. The monoisotopic (exact) mass is 399 g/mol. The summed E-state index contributed by atoms with van der Waals surface area (Å²) in [6, 6.07) is -0.425. The summed E-state index contributed by atoms with van der Waals surface area (Å²) >= 11 is 3.46. The van der Waals surface area contributed by atoms with Gasteiger partial charge >= 0.3 is 0 Å². The Morgan fingerprint density at radius 1 is 1.16 bits per heavy atom. The topological polar surface area (TPSA) is 106 Å². The van der Waals surface area contributed by atoms with Crippen LogP contribution in [0.25, 0.3) is 0 Å². The summed E-state index contributed by atoms with van der Waals surface area (Å²) in [5, 5.41) is 22.5. The molecule has 1 aliphatic heterocycles. The van der Waals surface area contributed by atoms with Crippen molar-refractivity contribution in [2.75, 3.05) is 45.9 Å². The Hall–Kier alpha value is -0.0700. The van der Waals surface area contributed by atoms with Crippen molar-refractivity contribution in [3.63, 3.8) is 0 Å². The molecule has 0 radical (unpaired) electrons. The lowest BCUT2D eigenvalue weighted by molar-refractivity contribution is -0.196. The van der Waals surface area contributed by atoms with Gasteiger partial charge in [0.25, 0.3) is 0 Å². The second-order valence-corrected chi connectivity index (χ2v) is 8.31. The highest BCUT2D eigenvalue weighted by Crippen LogP contribution is 2.35. The van der Waals surface area contributed by atoms with Gasteiger partial charge in [-0.2, -0.15) is 0 Å². The van der Waals surface area contributed by atoms with Gasteiger partial charge in [-0.05, 0) is 17.9 Å². The molecule has 148 valence electrons. The Bertz CT molecular complexity index is 372. The third-order valence-corrected chi connectivity index (χ3v) is 6.63. The Kier molecular flexibility index (Phi) is 12.1. The maximum atomic E-state index is 11.8. The van der Waals surface area contributed by atoms with Crippen LogP contribution >= 0.6 is 23.5 Å². The number of aliphatic hydroxyl groups excluding tert-OH is 2. The predicted octanol–water partition coefficient (Wildman–Crippen LogP) is 0.0187. The fraction of sp³-hybridized carbons (Fsp3) is 0.933. The lowest BCUT2D eigenvalue weighted by Gasteiger charge is -2.39. The zero-order valence-corrected chi connectivity index (χ0v) is 16.5. The lowest BCUT2D eigenvalue weighted by Crippen LogP contribution is -2.58. The molecule has 0 aromatic heterocycles. The maximum Gasteiger partial charge on any atom is 0.217 e. The van der Waals surface area contributed by atoms with Crippen molar-refractivity contribution < 1.29 is 34.0 Å². The maximum absolute atomic E-state index is 11.8. The summed E-state index contributed by atoms with van der Waals surface area (Å²) in [6.45, 7) is 0.825. The van der Waals surface area contributed by atoms with Gasteiger partial charge in [0, 0.05) is 21.1 Å². The van der Waals surface area contributed by atoms with Gasteiger partial charge in [0.2, 0.25) is 5.91 Å². The highest BCUT2D eigenvalue weighted by molar-refractivity contribution is 8.17. The van der Waals surface area contributed by atoms with E-state index in [1.165, 1.54) is 21.1 Å². The normalized spacial score (nSPS) is 20.7. The van der Waals surface area contributed by atoms with E-state index in [2.05, 4.69) is 5.32 Å². The van der Waals surface area contributed by atoms with Gasteiger partial charge in [-0.1, -0.05) is 0 Å². The van der Waals surface area contributed by atoms with E-state index in [1.54, 1.807) is 23.5 Å². The van der Waals surface area contributed by atoms with Crippen LogP contribution in [0.3, 0.4) is 0 Å². The molecule has 1 aliphatic rings. The number of ether oxygens (including phenoxy) is 4. The number of aliphatic hydroxyl groups is 2. The van der Waals surface area contributed by atoms with Crippen LogP contribution in [0.5, 0.6) is 0 Å². The molecule has 0 unspecified atom stereocenters. The quantitative estimate of drug-likeness (QED) is 0.392. The highest BCUT2D eigenvalue weighted by atomic mass is 32.2. The molecule has 1 rings (SSSR count). The smallest absolute Gasteiger partial charge is 0.217 e. The van der Waals surface area contributed by atoms with Crippen LogP contribution in [0.2, 0.25) is 0 Å². The number of nitrogens with one attached hydrogen (secondary N) is 1. The molecule has 1 fully saturated rings. The van der Waals surface area contributed by atoms with Crippen LogP contribution in [0, 0.1) is 0 Å². The van der Waals surface area contributed by atoms with Gasteiger partial charge in [0.05, 0.1) is 17.2 Å². The van der Waals surface area contributed by atoms with Gasteiger partial charge in [0.1, 0.15) is 31.9 Å². The zero-order valence-electron chi connectivity index (χ0n) is 14.9. The van der Waals surface area contributed by atoms with Crippen molar-refractivity contribution in [3.05, 3.63) is 0 Å². The van der Waals surface area contributed by atoms with Crippen LogP contribution in [0.1, 0.15) is 13.3 Å². The van der Waals surface area contributed by atoms with Crippen molar-refractivity contribution in [1.29, 1.82) is 0 Å². The molecule has 8 nitrogen and oxygen atoms in total. The number of methoxy groups -OCH3 is 2. The van der Waals surface area contributed by atoms with Crippen molar-refractivity contribution in [1.82, 2.24) is 5.32 Å². The van der Waals surface area contributed by atoms with Gasteiger partial charge in [0.15, 0.2) is 0 Å². The number of amides is 1. The van der Waals surface area contributed by atoms with Crippen molar-refractivity contribution in [2.24, 2.45) is 0 Å². The molecule has 25 heavy (non-hydrogen) atoms. The fourth-order valence-corrected chi connectivity index (χ4v) is 5.57. The number of thioether (sulfide) groups is 2. The summed E-state index contributed by atoms with van der Waals surface area (Å²) in [6.07, 6.45) is -1.69. The summed E-state index contributed by atoms with van der Waals surface area (Å²) in [5.74, 6) is 1.76. The second-order valence-electron chi connectivity index (χ2n) is 5.52. The average Bonchev–Trinajstić information content (AvgIpc) is 2.62. The van der Waals surface area contributed by atoms with Crippen molar-refractivity contribution >= 4 is 29.4 Å². The van der Waals surface area contributed by atoms with Crippen LogP contribution in [0.15, 0.2) is 0 Å². The largest absolute Gasteiger partial charge is 0.394 e. The summed E-state index contributed by atoms with van der Waals surface area (Å²) in [7, 11) is 2.95. The predicted molar refractivity (Wildman–Crippen MR) is 97.5 cm³/mol. The molecule has 0 spiro atoms. The standard InChI is InChI=1S/C15H29NO7S2/c1-10(18)16-12(15-24-5-4-6-25-15)14(23-9-21-3)13(11(19)7-17)22-8-20-2/h11-15,17,19H,4-9H2,1-3H3,(H,16,18)/t11-,12-,13-,14-/m1/s1. The van der Waals surface area contributed by atoms with E-state index in [0.717, 1.165) is 17.9 Å². The van der Waals surface area contributed by atoms with Crippen molar-refractivity contribution in [3.8, 4) is 0 Å². The van der Waals surface area contributed by atoms with E-state index >= 15 is 0 Å². The summed E-state index contributed by atoms with van der Waals surface area (Å²) < 4.78 is 21.3. The number of carbonyl (C=O) groups is 1. The first-order valence-electron chi connectivity index (χ1n) is 8.05. The molecule has 1 saturated heterocycles. The van der Waals surface area contributed by atoms with Crippen LogP contribution in [0.4, 0.5) is 0 Å². The molecule has 4 atom stereocenters. The number of carbonyl (C=O) groups excluding carboxylic acids is 1. The minimum absolute atomic E-state index is 0.0339.